The highest BCUT2D eigenvalue weighted by atomic mass is 32.1. The van der Waals surface area contributed by atoms with Crippen LogP contribution >= 0.6 is 11.3 Å². The van der Waals surface area contributed by atoms with Gasteiger partial charge in [-0.1, -0.05) is 11.3 Å². The fraction of sp³-hybridized carbons (Fsp3) is 0.364. The monoisotopic (exact) mass is 266 g/mol. The van der Waals surface area contributed by atoms with Crippen LogP contribution in [0.1, 0.15) is 12.0 Å². The number of aryl methyl sites for hydroxylation is 1. The maximum Gasteiger partial charge on any atom is 0.324 e. The van der Waals surface area contributed by atoms with Crippen molar-refractivity contribution in [3.8, 4) is 0 Å². The van der Waals surface area contributed by atoms with Gasteiger partial charge in [-0.2, -0.15) is 5.10 Å². The lowest BCUT2D eigenvalue weighted by atomic mass is 10.3. The van der Waals surface area contributed by atoms with Crippen LogP contribution in [0.4, 0.5) is 5.00 Å². The number of nitrogens with one attached hydrogen (secondary N) is 1. The predicted molar refractivity (Wildman–Crippen MR) is 69.5 cm³/mol. The molecule has 0 aliphatic heterocycles. The summed E-state index contributed by atoms with van der Waals surface area (Å²) in [4.78, 5) is 10.2. The van der Waals surface area contributed by atoms with Gasteiger partial charge in [-0.25, -0.2) is 0 Å². The van der Waals surface area contributed by atoms with Crippen LogP contribution in [0.5, 0.6) is 0 Å². The van der Waals surface area contributed by atoms with E-state index in [-0.39, 0.29) is 9.92 Å². The summed E-state index contributed by atoms with van der Waals surface area (Å²) < 4.78 is 1.89. The van der Waals surface area contributed by atoms with Gasteiger partial charge in [0.15, 0.2) is 0 Å². The van der Waals surface area contributed by atoms with Crippen LogP contribution < -0.4 is 5.32 Å². The van der Waals surface area contributed by atoms with Gasteiger partial charge in [-0.3, -0.25) is 14.8 Å². The van der Waals surface area contributed by atoms with Gasteiger partial charge in [0.05, 0.1) is 4.92 Å². The van der Waals surface area contributed by atoms with Crippen molar-refractivity contribution in [1.29, 1.82) is 0 Å². The first-order valence-corrected chi connectivity index (χ1v) is 6.53. The molecule has 0 saturated carbocycles. The molecule has 0 saturated heterocycles. The average molecular weight is 266 g/mol. The van der Waals surface area contributed by atoms with Gasteiger partial charge in [-0.15, -0.1) is 0 Å². The van der Waals surface area contributed by atoms with E-state index in [1.165, 1.54) is 11.3 Å². The zero-order valence-electron chi connectivity index (χ0n) is 9.78. The highest BCUT2D eigenvalue weighted by molar-refractivity contribution is 7.13. The lowest BCUT2D eigenvalue weighted by Crippen LogP contribution is -2.16. The molecule has 0 bridgehead atoms. The van der Waals surface area contributed by atoms with Gasteiger partial charge in [0, 0.05) is 36.9 Å². The smallest absolute Gasteiger partial charge is 0.313 e. The molecule has 2 aromatic heterocycles. The fourth-order valence-electron chi connectivity index (χ4n) is 1.58. The Labute approximate surface area is 108 Å². The summed E-state index contributed by atoms with van der Waals surface area (Å²) in [6, 6.07) is 3.52. The molecule has 0 aromatic carbocycles. The maximum absolute atomic E-state index is 10.5. The van der Waals surface area contributed by atoms with Gasteiger partial charge < -0.3 is 5.32 Å². The molecule has 0 unspecified atom stereocenters. The molecule has 1 N–H and O–H groups in total. The van der Waals surface area contributed by atoms with E-state index >= 15 is 0 Å². The molecule has 96 valence electrons. The summed E-state index contributed by atoms with van der Waals surface area (Å²) in [7, 11) is 0. The average Bonchev–Trinajstić information content (AvgIpc) is 2.98. The van der Waals surface area contributed by atoms with Crippen molar-refractivity contribution in [3.63, 3.8) is 0 Å². The third-order valence-electron chi connectivity index (χ3n) is 2.45. The van der Waals surface area contributed by atoms with Gasteiger partial charge >= 0.3 is 5.00 Å². The number of hydrogen-bond donors (Lipinski definition) is 1. The van der Waals surface area contributed by atoms with Crippen molar-refractivity contribution in [1.82, 2.24) is 15.1 Å². The van der Waals surface area contributed by atoms with E-state index in [1.54, 1.807) is 12.3 Å². The van der Waals surface area contributed by atoms with E-state index in [2.05, 4.69) is 10.4 Å². The van der Waals surface area contributed by atoms with Crippen LogP contribution in [0.3, 0.4) is 0 Å². The molecule has 0 amide bonds. The summed E-state index contributed by atoms with van der Waals surface area (Å²) in [5.74, 6) is 0. The molecule has 0 radical (unpaired) electrons. The van der Waals surface area contributed by atoms with E-state index in [1.807, 2.05) is 22.3 Å². The topological polar surface area (TPSA) is 73.0 Å². The van der Waals surface area contributed by atoms with Crippen LogP contribution in [0, 0.1) is 10.1 Å². The molecular formula is C11H14N4O2S. The van der Waals surface area contributed by atoms with E-state index < -0.39 is 0 Å². The molecule has 7 heteroatoms. The molecule has 2 heterocycles. The van der Waals surface area contributed by atoms with Crippen LogP contribution in [0.15, 0.2) is 29.9 Å². The SMILES string of the molecule is O=[N+]([O-])c1cc(CNCCCn2cccn2)cs1. The van der Waals surface area contributed by atoms with E-state index in [4.69, 9.17) is 0 Å². The Morgan fingerprint density at radius 2 is 2.44 bits per heavy atom. The quantitative estimate of drug-likeness (QED) is 0.473. The highest BCUT2D eigenvalue weighted by Crippen LogP contribution is 2.22. The van der Waals surface area contributed by atoms with Crippen LogP contribution in [0.2, 0.25) is 0 Å². The summed E-state index contributed by atoms with van der Waals surface area (Å²) in [5.41, 5.74) is 0.964. The first-order chi connectivity index (χ1) is 8.75. The Hall–Kier alpha value is -1.73. The maximum atomic E-state index is 10.5. The first-order valence-electron chi connectivity index (χ1n) is 5.65. The van der Waals surface area contributed by atoms with Gasteiger partial charge in [0.2, 0.25) is 0 Å². The van der Waals surface area contributed by atoms with Crippen molar-refractivity contribution >= 4 is 16.3 Å². The van der Waals surface area contributed by atoms with Crippen molar-refractivity contribution in [3.05, 3.63) is 45.6 Å². The highest BCUT2D eigenvalue weighted by Gasteiger charge is 2.08. The number of nitrogens with zero attached hydrogens (tertiary/aromatic N) is 3. The van der Waals surface area contributed by atoms with Gasteiger partial charge in [-0.05, 0) is 24.6 Å². The summed E-state index contributed by atoms with van der Waals surface area (Å²) in [6.45, 7) is 2.41. The second-order valence-electron chi connectivity index (χ2n) is 3.85. The molecule has 0 aliphatic carbocycles. The van der Waals surface area contributed by atoms with Gasteiger partial charge in [0.1, 0.15) is 0 Å². The largest absolute Gasteiger partial charge is 0.324 e. The minimum absolute atomic E-state index is 0.198. The molecule has 0 fully saturated rings. The Bertz CT molecular complexity index is 495. The van der Waals surface area contributed by atoms with Crippen LogP contribution in [-0.4, -0.2) is 21.2 Å². The number of thiophene rings is 1. The number of aromatic nitrogens is 2. The van der Waals surface area contributed by atoms with Crippen LogP contribution in [0.25, 0.3) is 0 Å². The molecule has 6 nitrogen and oxygen atoms in total. The molecule has 0 spiro atoms. The molecule has 2 rings (SSSR count). The van der Waals surface area contributed by atoms with E-state index in [0.717, 1.165) is 25.1 Å². The zero-order chi connectivity index (χ0) is 12.8. The standard InChI is InChI=1S/C11H14N4O2S/c16-15(17)11-7-10(9-18-11)8-12-3-1-5-14-6-2-4-13-14/h2,4,6-7,9,12H,1,3,5,8H2. The second kappa shape index (κ2) is 6.27. The Balaban J connectivity index is 1.64. The molecule has 0 atom stereocenters. The Kier molecular flexibility index (Phi) is 4.43. The normalized spacial score (nSPS) is 10.7. The molecule has 2 aromatic rings. The Morgan fingerprint density at radius 3 is 3.11 bits per heavy atom. The summed E-state index contributed by atoms with van der Waals surface area (Å²) >= 11 is 1.17. The lowest BCUT2D eigenvalue weighted by molar-refractivity contribution is -0.380. The second-order valence-corrected chi connectivity index (χ2v) is 4.74. The van der Waals surface area contributed by atoms with Crippen LogP contribution in [-0.2, 0) is 13.1 Å². The summed E-state index contributed by atoms with van der Waals surface area (Å²) in [5, 5.41) is 19.9. The van der Waals surface area contributed by atoms with Crippen molar-refractivity contribution < 1.29 is 4.92 Å². The molecule has 0 aliphatic rings. The fourth-order valence-corrected chi connectivity index (χ4v) is 2.31. The predicted octanol–water partition coefficient (Wildman–Crippen LogP) is 2.03. The third kappa shape index (κ3) is 3.64. The lowest BCUT2D eigenvalue weighted by Gasteiger charge is -2.03. The van der Waals surface area contributed by atoms with E-state index in [0.29, 0.717) is 6.54 Å². The summed E-state index contributed by atoms with van der Waals surface area (Å²) in [6.07, 6.45) is 4.67. The van der Waals surface area contributed by atoms with Crippen molar-refractivity contribution in [2.24, 2.45) is 0 Å². The minimum Gasteiger partial charge on any atom is -0.313 e. The number of nitro groups is 1. The Morgan fingerprint density at radius 1 is 1.56 bits per heavy atom. The van der Waals surface area contributed by atoms with Gasteiger partial charge in [0.25, 0.3) is 0 Å². The number of rotatable bonds is 7. The van der Waals surface area contributed by atoms with E-state index in [9.17, 15) is 10.1 Å². The minimum atomic E-state index is -0.355. The molecule has 18 heavy (non-hydrogen) atoms. The molecular weight excluding hydrogens is 252 g/mol. The van der Waals surface area contributed by atoms with Crippen molar-refractivity contribution in [2.45, 2.75) is 19.5 Å². The number of hydrogen-bond acceptors (Lipinski definition) is 5. The zero-order valence-corrected chi connectivity index (χ0v) is 10.6. The van der Waals surface area contributed by atoms with Crippen molar-refractivity contribution in [2.75, 3.05) is 6.54 Å². The first kappa shape index (κ1) is 12.7. The third-order valence-corrected chi connectivity index (χ3v) is 3.38.